The molecule has 37 nitrogen and oxygen atoms in total. The molecule has 3 fully saturated rings. The van der Waals surface area contributed by atoms with E-state index in [0.29, 0.717) is 22.2 Å². The van der Waals surface area contributed by atoms with Gasteiger partial charge in [0.15, 0.2) is 5.96 Å². The smallest absolute Gasteiger partial charge is 0.303 e. The highest BCUT2D eigenvalue weighted by Crippen LogP contribution is 2.25. The van der Waals surface area contributed by atoms with Gasteiger partial charge in [-0.25, -0.2) is 4.98 Å². The van der Waals surface area contributed by atoms with E-state index in [0.717, 1.165) is 26.5 Å². The van der Waals surface area contributed by atoms with Crippen molar-refractivity contribution in [3.8, 4) is 0 Å². The minimum Gasteiger partial charge on any atom is -0.481 e. The van der Waals surface area contributed by atoms with Crippen LogP contribution in [0.5, 0.6) is 0 Å². The molecule has 0 aliphatic carbocycles. The summed E-state index contributed by atoms with van der Waals surface area (Å²) in [6.07, 6.45) is 1.41. The molecule has 522 valence electrons. The summed E-state index contributed by atoms with van der Waals surface area (Å²) in [6.45, 7) is 1.66. The van der Waals surface area contributed by atoms with Gasteiger partial charge < -0.3 is 106 Å². The van der Waals surface area contributed by atoms with Crippen LogP contribution in [-0.4, -0.2) is 235 Å². The SMILES string of the molecule is C[C@@H]1NC(=O)[C@H](C)NC(=O)[C@@H]2CSSC[C@H](NC(=O)CNC(=O)[C@H](CCCN=C(N)N)NC(=O)[C@H](Cc3c[nH]c4ccccc34)NC(=O)[C@H](CO)NC1=O)C(=O)N[C@@H](CCC(=O)O)C(=O)N[C@@H](CC(N)=O)C(=O)N[C@@H](Cc1cnc[nH]1)C(=O)N1CCC[C@H]1C(=O)N[C@@H](C)C(=O)N2. The third-order valence-electron chi connectivity index (χ3n) is 15.4. The van der Waals surface area contributed by atoms with E-state index in [1.165, 1.54) is 33.3 Å². The highest BCUT2D eigenvalue weighted by atomic mass is 33.1. The maximum atomic E-state index is 14.6. The average Bonchev–Trinajstić information content (AvgIpc) is 1.64. The van der Waals surface area contributed by atoms with Crippen molar-refractivity contribution in [3.05, 3.63) is 54.2 Å². The molecule has 6 rings (SSSR count). The number of carboxylic acid groups (broad SMARTS) is 1. The van der Waals surface area contributed by atoms with Gasteiger partial charge in [-0.1, -0.05) is 39.8 Å². The molecule has 39 heteroatoms. The van der Waals surface area contributed by atoms with E-state index in [-0.39, 0.29) is 57.6 Å². The lowest BCUT2D eigenvalue weighted by molar-refractivity contribution is -0.142. The normalized spacial score (nSPS) is 26.6. The number of aliphatic imine (C=N–C) groups is 1. The van der Waals surface area contributed by atoms with Gasteiger partial charge in [0.1, 0.15) is 72.5 Å². The second-order valence-electron chi connectivity index (χ2n) is 22.8. The van der Waals surface area contributed by atoms with E-state index in [4.69, 9.17) is 17.2 Å². The van der Waals surface area contributed by atoms with E-state index in [2.05, 4.69) is 83.7 Å². The highest BCUT2D eigenvalue weighted by molar-refractivity contribution is 8.76. The van der Waals surface area contributed by atoms with E-state index >= 15 is 0 Å². The number of carbonyl (C=O) groups is 15. The quantitative estimate of drug-likeness (QED) is 0.0308. The lowest BCUT2D eigenvalue weighted by Crippen LogP contribution is -2.60. The van der Waals surface area contributed by atoms with Crippen LogP contribution in [0.4, 0.5) is 0 Å². The molecule has 12 atom stereocenters. The summed E-state index contributed by atoms with van der Waals surface area (Å²) in [5.41, 5.74) is 18.1. The number of imidazole rings is 1. The second-order valence-corrected chi connectivity index (χ2v) is 25.3. The molecule has 96 heavy (non-hydrogen) atoms. The summed E-state index contributed by atoms with van der Waals surface area (Å²) in [5, 5.41) is 50.2. The molecule has 0 unspecified atom stereocenters. The van der Waals surface area contributed by atoms with Crippen LogP contribution in [0.15, 0.2) is 48.0 Å². The predicted molar refractivity (Wildman–Crippen MR) is 343 cm³/mol. The lowest BCUT2D eigenvalue weighted by atomic mass is 10.0. The van der Waals surface area contributed by atoms with Gasteiger partial charge in [0.25, 0.3) is 0 Å². The zero-order valence-electron chi connectivity index (χ0n) is 52.5. The molecule has 0 radical (unpaired) electrons. The van der Waals surface area contributed by atoms with Crippen LogP contribution >= 0.6 is 21.6 Å². The van der Waals surface area contributed by atoms with Crippen molar-refractivity contribution >= 4 is 127 Å². The van der Waals surface area contributed by atoms with Crippen molar-refractivity contribution < 1.29 is 82.1 Å². The van der Waals surface area contributed by atoms with Gasteiger partial charge in [-0.2, -0.15) is 0 Å². The van der Waals surface area contributed by atoms with Gasteiger partial charge in [-0.15, -0.1) is 0 Å². The Kier molecular flexibility index (Phi) is 28.1. The first-order valence-corrected chi connectivity index (χ1v) is 33.0. The van der Waals surface area contributed by atoms with Gasteiger partial charge in [0.05, 0.1) is 25.9 Å². The number of rotatable bonds is 14. The molecule has 3 aliphatic heterocycles. The minimum absolute atomic E-state index is 0.0288. The monoisotopic (exact) mass is 1380 g/mol. The summed E-state index contributed by atoms with van der Waals surface area (Å²) in [5.74, 6) is -17.2. The molecule has 0 saturated carbocycles. The van der Waals surface area contributed by atoms with Gasteiger partial charge in [-0.05, 0) is 64.5 Å². The Morgan fingerprint density at radius 3 is 1.82 bits per heavy atom. The molecule has 3 aromatic rings. The number of fused-ring (bicyclic) bond motifs is 7. The number of benzene rings is 1. The number of aliphatic carboxylic acids is 1. The zero-order chi connectivity index (χ0) is 70.3. The Bertz CT molecular complexity index is 3400. The lowest BCUT2D eigenvalue weighted by Gasteiger charge is -2.30. The van der Waals surface area contributed by atoms with Crippen LogP contribution in [0.3, 0.4) is 0 Å². The maximum absolute atomic E-state index is 14.6. The second kappa shape index (κ2) is 36.0. The van der Waals surface area contributed by atoms with Crippen LogP contribution in [0.2, 0.25) is 0 Å². The molecular weight excluding hydrogens is 1300 g/mol. The number of aliphatic hydroxyl groups excluding tert-OH is 1. The molecule has 2 bridgehead atoms. The number of aromatic nitrogens is 3. The molecule has 2 aromatic heterocycles. The summed E-state index contributed by atoms with van der Waals surface area (Å²) in [6, 6.07) is -12.2. The van der Waals surface area contributed by atoms with Crippen molar-refractivity contribution in [1.29, 1.82) is 0 Å². The molecule has 3 aliphatic rings. The van der Waals surface area contributed by atoms with Crippen LogP contribution in [0.1, 0.15) is 77.0 Å². The van der Waals surface area contributed by atoms with Crippen LogP contribution < -0.4 is 81.0 Å². The van der Waals surface area contributed by atoms with Crippen molar-refractivity contribution in [2.75, 3.05) is 37.7 Å². The number of para-hydroxylation sites is 1. The number of aromatic amines is 2. The number of carboxylic acids is 1. The fourth-order valence-corrected chi connectivity index (χ4v) is 12.5. The molecule has 1 aromatic carbocycles. The largest absolute Gasteiger partial charge is 0.481 e. The van der Waals surface area contributed by atoms with Crippen LogP contribution in [0, 0.1) is 0 Å². The number of aliphatic hydroxyl groups is 1. The number of nitrogens with zero attached hydrogens (tertiary/aromatic N) is 3. The summed E-state index contributed by atoms with van der Waals surface area (Å²) in [4.78, 5) is 224. The van der Waals surface area contributed by atoms with Gasteiger partial charge in [0.2, 0.25) is 82.7 Å². The topological polar surface area (TPSA) is 579 Å². The fraction of sp³-hybridized carbons (Fsp3) is 0.526. The van der Waals surface area contributed by atoms with E-state index in [1.54, 1.807) is 30.5 Å². The Balaban J connectivity index is 1.40. The Hall–Kier alpha value is -10.0. The van der Waals surface area contributed by atoms with Crippen molar-refractivity contribution in [1.82, 2.24) is 83.7 Å². The third kappa shape index (κ3) is 22.3. The average molecular weight is 1380 g/mol. The number of hydrogen-bond donors (Lipinski definition) is 19. The standard InChI is InChI=1S/C57H80N20O17S2/c1-26-45(83)66-27(2)46(84)75-38(22-78)52(90)72-35(16-29-19-63-32-9-5-4-8-31(29)32)50(88)70-33(10-6-14-62-57(59)60)48(86)64-21-43(80)69-39-23-95-96-24-40(53(91)67-26)76-47(85)28(3)68-55(93)41-11-7-15-77(41)56(94)37(17-30-20-61-25-65-30)74-51(89)36(18-42(58)79)73-49(87)34(71-54(39)92)12-13-44(81)82/h4-5,8-9,19-20,25-28,33-41,63,78H,6-7,10-18,21-24H2,1-3H3,(H2,58,79)(H,61,65)(H,64,86)(H,66,83)(H,67,91)(H,68,93)(H,69,80)(H,70,88)(H,71,92)(H,72,90)(H,73,87)(H,74,89)(H,75,84)(H,76,85)(H,81,82)(H4,59,60,62)/t26-,27-,28-,33-,34-,35-,36-,37-,38-,39-,40-,41-/m0/s1. The number of guanidine groups is 1. The van der Waals surface area contributed by atoms with E-state index in [1.807, 2.05) is 0 Å². The number of carbonyl (C=O) groups excluding carboxylic acids is 14. The third-order valence-corrected chi connectivity index (χ3v) is 17.8. The van der Waals surface area contributed by atoms with Crippen molar-refractivity contribution in [3.63, 3.8) is 0 Å². The Morgan fingerprint density at radius 1 is 0.615 bits per heavy atom. The molecule has 22 N–H and O–H groups in total. The maximum Gasteiger partial charge on any atom is 0.303 e. The molecule has 5 heterocycles. The van der Waals surface area contributed by atoms with Crippen molar-refractivity contribution in [2.24, 2.45) is 22.2 Å². The minimum atomic E-state index is -1.90. The number of nitrogens with one attached hydrogen (secondary N) is 14. The van der Waals surface area contributed by atoms with Crippen molar-refractivity contribution in [2.45, 2.75) is 151 Å². The first kappa shape index (κ1) is 75.0. The molecule has 0 spiro atoms. The number of amides is 14. The fourth-order valence-electron chi connectivity index (χ4n) is 10.2. The highest BCUT2D eigenvalue weighted by Gasteiger charge is 2.41. The van der Waals surface area contributed by atoms with E-state index < -0.39 is 205 Å². The van der Waals surface area contributed by atoms with Gasteiger partial charge in [0, 0.05) is 72.8 Å². The number of H-pyrrole nitrogens is 2. The van der Waals surface area contributed by atoms with E-state index in [9.17, 15) is 82.1 Å². The van der Waals surface area contributed by atoms with Crippen LogP contribution in [-0.2, 0) is 84.8 Å². The number of hydrogen-bond acceptors (Lipinski definition) is 20. The summed E-state index contributed by atoms with van der Waals surface area (Å²) in [7, 11) is 1.60. The Morgan fingerprint density at radius 2 is 1.17 bits per heavy atom. The number of nitrogens with two attached hydrogens (primary N) is 3. The molecular formula is C57H80N20O17S2. The predicted octanol–water partition coefficient (Wildman–Crippen LogP) is -7.63. The molecule has 3 saturated heterocycles. The summed E-state index contributed by atoms with van der Waals surface area (Å²) >= 11 is 0. The summed E-state index contributed by atoms with van der Waals surface area (Å²) < 4.78 is 0. The van der Waals surface area contributed by atoms with Gasteiger partial charge >= 0.3 is 5.97 Å². The Labute approximate surface area is 556 Å². The molecule has 14 amide bonds. The first-order chi connectivity index (χ1) is 45.6. The first-order valence-electron chi connectivity index (χ1n) is 30.5. The zero-order valence-corrected chi connectivity index (χ0v) is 54.1. The van der Waals surface area contributed by atoms with Crippen LogP contribution in [0.25, 0.3) is 10.9 Å². The van der Waals surface area contributed by atoms with Gasteiger partial charge in [-0.3, -0.25) is 76.9 Å². The number of primary amides is 1.